The number of hydrogen-bond acceptors (Lipinski definition) is 3. The minimum absolute atomic E-state index is 0.0120. The maximum Gasteiger partial charge on any atom is 0.123 e. The summed E-state index contributed by atoms with van der Waals surface area (Å²) in [6, 6.07) is 24.3. The summed E-state index contributed by atoms with van der Waals surface area (Å²) in [7, 11) is 0. The third-order valence-electron chi connectivity index (χ3n) is 9.79. The van der Waals surface area contributed by atoms with Crippen molar-refractivity contribution < 1.29 is 10.2 Å². The van der Waals surface area contributed by atoms with Crippen molar-refractivity contribution in [1.82, 2.24) is 5.32 Å². The summed E-state index contributed by atoms with van der Waals surface area (Å²) in [5.41, 5.74) is 5.47. The monoisotopic (exact) mass is 509 g/mol. The van der Waals surface area contributed by atoms with E-state index in [4.69, 9.17) is 0 Å². The molecule has 3 N–H and O–H groups in total. The van der Waals surface area contributed by atoms with E-state index in [2.05, 4.69) is 50.4 Å². The van der Waals surface area contributed by atoms with E-state index >= 15 is 0 Å². The molecule has 4 saturated carbocycles. The lowest BCUT2D eigenvalue weighted by atomic mass is 9.47. The second-order valence-corrected chi connectivity index (χ2v) is 13.6. The third-order valence-corrected chi connectivity index (χ3v) is 9.79. The zero-order chi connectivity index (χ0) is 26.5. The van der Waals surface area contributed by atoms with Crippen LogP contribution in [-0.2, 0) is 17.4 Å². The lowest BCUT2D eigenvalue weighted by Gasteiger charge is -2.57. The molecule has 0 unspecified atom stereocenters. The molecule has 4 aliphatic rings. The summed E-state index contributed by atoms with van der Waals surface area (Å²) in [6.07, 6.45) is 7.16. The van der Waals surface area contributed by atoms with E-state index < -0.39 is 6.10 Å². The van der Waals surface area contributed by atoms with Gasteiger partial charge in [0.15, 0.2) is 0 Å². The highest BCUT2D eigenvalue weighted by Crippen LogP contribution is 2.62. The lowest BCUT2D eigenvalue weighted by Crippen LogP contribution is -2.48. The van der Waals surface area contributed by atoms with Gasteiger partial charge in [-0.05, 0) is 83.8 Å². The van der Waals surface area contributed by atoms with Crippen LogP contribution >= 0.6 is 0 Å². The van der Waals surface area contributed by atoms with Crippen molar-refractivity contribution in [1.29, 1.82) is 0 Å². The first-order chi connectivity index (χ1) is 18.2. The average molecular weight is 510 g/mol. The fourth-order valence-corrected chi connectivity index (χ4v) is 8.24. The molecule has 4 fully saturated rings. The number of aromatic hydroxyl groups is 1. The maximum atomic E-state index is 11.9. The number of nitrogens with one attached hydrogen (secondary N) is 1. The number of benzene rings is 3. The Hall–Kier alpha value is -2.62. The molecule has 0 radical (unpaired) electrons. The number of aliphatic hydroxyl groups is 1. The molecule has 3 aromatic carbocycles. The molecule has 0 amide bonds. The Morgan fingerprint density at radius 3 is 1.87 bits per heavy atom. The van der Waals surface area contributed by atoms with Crippen LogP contribution in [0.25, 0.3) is 0 Å². The lowest BCUT2D eigenvalue weighted by molar-refractivity contribution is -0.00625. The van der Waals surface area contributed by atoms with Gasteiger partial charge in [0.25, 0.3) is 0 Å². The van der Waals surface area contributed by atoms with Gasteiger partial charge in [0, 0.05) is 17.7 Å². The predicted octanol–water partition coefficient (Wildman–Crippen LogP) is 7.72. The van der Waals surface area contributed by atoms with Crippen LogP contribution in [0.3, 0.4) is 0 Å². The van der Waals surface area contributed by atoms with Crippen LogP contribution in [0.1, 0.15) is 99.3 Å². The van der Waals surface area contributed by atoms with Crippen molar-refractivity contribution in [2.24, 2.45) is 17.8 Å². The number of rotatable bonds is 7. The molecular weight excluding hydrogens is 466 g/mol. The molecule has 3 heteroatoms. The molecule has 4 bridgehead atoms. The molecule has 3 aromatic rings. The fraction of sp³-hybridized carbons (Fsp3) is 0.486. The highest BCUT2D eigenvalue weighted by Gasteiger charge is 2.52. The second kappa shape index (κ2) is 9.84. The van der Waals surface area contributed by atoms with Gasteiger partial charge in [-0.1, -0.05) is 93.6 Å². The van der Waals surface area contributed by atoms with E-state index in [1.807, 2.05) is 48.5 Å². The number of hydrogen-bond donors (Lipinski definition) is 3. The second-order valence-electron chi connectivity index (χ2n) is 13.6. The third kappa shape index (κ3) is 4.80. The molecule has 2 atom stereocenters. The molecular formula is C35H43NO2. The van der Waals surface area contributed by atoms with Crippen LogP contribution in [0.5, 0.6) is 5.75 Å². The topological polar surface area (TPSA) is 52.5 Å². The van der Waals surface area contributed by atoms with E-state index in [-0.39, 0.29) is 16.9 Å². The fourth-order valence-electron chi connectivity index (χ4n) is 8.24. The zero-order valence-electron chi connectivity index (χ0n) is 23.2. The van der Waals surface area contributed by atoms with E-state index in [0.717, 1.165) is 34.4 Å². The van der Waals surface area contributed by atoms with Crippen molar-refractivity contribution >= 4 is 0 Å². The minimum atomic E-state index is -0.700. The van der Waals surface area contributed by atoms with Crippen molar-refractivity contribution in [3.63, 3.8) is 0 Å². The van der Waals surface area contributed by atoms with Gasteiger partial charge in [0.05, 0.1) is 12.1 Å². The first-order valence-electron chi connectivity index (χ1n) is 14.6. The van der Waals surface area contributed by atoms with E-state index in [0.29, 0.717) is 12.3 Å². The summed E-state index contributed by atoms with van der Waals surface area (Å²) in [6.45, 7) is 7.31. The normalized spacial score (nSPS) is 27.8. The van der Waals surface area contributed by atoms with Crippen LogP contribution in [-0.4, -0.2) is 10.2 Å². The van der Waals surface area contributed by atoms with Crippen molar-refractivity contribution in [2.45, 2.75) is 88.8 Å². The predicted molar refractivity (Wildman–Crippen MR) is 154 cm³/mol. The first kappa shape index (κ1) is 25.6. The highest BCUT2D eigenvalue weighted by atomic mass is 16.3. The number of phenols is 1. The van der Waals surface area contributed by atoms with Gasteiger partial charge in [0.2, 0.25) is 0 Å². The zero-order valence-corrected chi connectivity index (χ0v) is 23.2. The van der Waals surface area contributed by atoms with Gasteiger partial charge < -0.3 is 15.5 Å². The summed E-state index contributed by atoms with van der Waals surface area (Å²) in [4.78, 5) is 0. The van der Waals surface area contributed by atoms with Gasteiger partial charge in [-0.3, -0.25) is 0 Å². The Kier molecular flexibility index (Phi) is 6.64. The molecule has 0 spiro atoms. The standard InChI is InChI=1S/C35H43NO2/c1-34(2,3)29-17-28(32(37)30(18-29)35-19-23-14-24(20-35)16-25(15-23)21-35)22-36-31(26-10-6-4-7-11-26)33(38)27-12-8-5-9-13-27/h4-13,17-18,23-25,31,33,36-38H,14-16,19-22H2,1-3H3/t23?,24?,25?,31-,33+,35?/m0/s1. The van der Waals surface area contributed by atoms with Gasteiger partial charge >= 0.3 is 0 Å². The SMILES string of the molecule is CC(C)(C)c1cc(CN[C@@H](c2ccccc2)[C@H](O)c2ccccc2)c(O)c(C23CC4CC(CC(C4)C2)C3)c1. The average Bonchev–Trinajstić information content (AvgIpc) is 2.89. The van der Waals surface area contributed by atoms with Gasteiger partial charge in [-0.25, -0.2) is 0 Å². The molecule has 0 heterocycles. The smallest absolute Gasteiger partial charge is 0.123 e. The Morgan fingerprint density at radius 1 is 0.816 bits per heavy atom. The van der Waals surface area contributed by atoms with Crippen LogP contribution in [0.4, 0.5) is 0 Å². The Morgan fingerprint density at radius 2 is 1.34 bits per heavy atom. The number of phenolic OH excluding ortho intramolecular Hbond substituents is 1. The summed E-state index contributed by atoms with van der Waals surface area (Å²) >= 11 is 0. The molecule has 0 aliphatic heterocycles. The minimum Gasteiger partial charge on any atom is -0.507 e. The van der Waals surface area contributed by atoms with E-state index in [1.54, 1.807) is 0 Å². The molecule has 3 nitrogen and oxygen atoms in total. The molecule has 0 saturated heterocycles. The molecule has 7 rings (SSSR count). The molecule has 0 aromatic heterocycles. The van der Waals surface area contributed by atoms with Gasteiger partial charge in [-0.15, -0.1) is 0 Å². The molecule has 200 valence electrons. The maximum absolute atomic E-state index is 11.9. The summed E-state index contributed by atoms with van der Waals surface area (Å²) < 4.78 is 0. The molecule has 4 aliphatic carbocycles. The Labute approximate surface area is 228 Å². The van der Waals surface area contributed by atoms with Crippen LogP contribution in [0, 0.1) is 17.8 Å². The summed E-state index contributed by atoms with van der Waals surface area (Å²) in [5.74, 6) is 2.95. The van der Waals surface area contributed by atoms with E-state index in [1.165, 1.54) is 49.7 Å². The largest absolute Gasteiger partial charge is 0.507 e. The van der Waals surface area contributed by atoms with Crippen molar-refractivity contribution in [2.75, 3.05) is 0 Å². The van der Waals surface area contributed by atoms with Crippen molar-refractivity contribution in [3.05, 3.63) is 101 Å². The Balaban J connectivity index is 1.36. The van der Waals surface area contributed by atoms with Crippen LogP contribution in [0.15, 0.2) is 72.8 Å². The highest BCUT2D eigenvalue weighted by molar-refractivity contribution is 5.50. The van der Waals surface area contributed by atoms with Gasteiger partial charge in [0.1, 0.15) is 5.75 Å². The molecule has 38 heavy (non-hydrogen) atoms. The van der Waals surface area contributed by atoms with Crippen LogP contribution in [0.2, 0.25) is 0 Å². The quantitative estimate of drug-likeness (QED) is 0.306. The number of aliphatic hydroxyl groups excluding tert-OH is 1. The first-order valence-corrected chi connectivity index (χ1v) is 14.6. The Bertz CT molecular complexity index is 1230. The van der Waals surface area contributed by atoms with Gasteiger partial charge in [-0.2, -0.15) is 0 Å². The van der Waals surface area contributed by atoms with Crippen molar-refractivity contribution in [3.8, 4) is 5.75 Å². The van der Waals surface area contributed by atoms with E-state index in [9.17, 15) is 10.2 Å². The summed E-state index contributed by atoms with van der Waals surface area (Å²) in [5, 5.41) is 27.0. The van der Waals surface area contributed by atoms with Crippen LogP contribution < -0.4 is 5.32 Å².